The number of methoxy groups -OCH3 is 1. The molecule has 0 radical (unpaired) electrons. The van der Waals surface area contributed by atoms with E-state index in [1.165, 1.54) is 20.1 Å². The van der Waals surface area contributed by atoms with Crippen molar-refractivity contribution < 1.29 is 19.0 Å². The summed E-state index contributed by atoms with van der Waals surface area (Å²) in [5, 5.41) is 11.7. The Kier molecular flexibility index (Phi) is 4.62. The number of rotatable bonds is 4. The Balaban J connectivity index is 1.87. The number of aldehydes is 1. The molecule has 0 amide bonds. The van der Waals surface area contributed by atoms with Crippen LogP contribution in [0, 0.1) is 12.7 Å². The van der Waals surface area contributed by atoms with Gasteiger partial charge >= 0.3 is 0 Å². The van der Waals surface area contributed by atoms with Gasteiger partial charge in [0.1, 0.15) is 11.4 Å². The summed E-state index contributed by atoms with van der Waals surface area (Å²) in [5.41, 5.74) is 3.74. The number of halogens is 1. The van der Waals surface area contributed by atoms with E-state index in [0.29, 0.717) is 35.3 Å². The summed E-state index contributed by atoms with van der Waals surface area (Å²) in [7, 11) is 1.46. The van der Waals surface area contributed by atoms with Crippen LogP contribution in [-0.2, 0) is 34.7 Å². The summed E-state index contributed by atoms with van der Waals surface area (Å²) in [6.07, 6.45) is 2.11. The number of carbonyl (C=O) groups excluding carboxylic acids is 1. The first-order chi connectivity index (χ1) is 15.2. The third-order valence-electron chi connectivity index (χ3n) is 7.09. The molecule has 0 spiro atoms. The molecule has 7 heteroatoms. The molecule has 2 aliphatic rings. The highest BCUT2D eigenvalue weighted by atomic mass is 19.1. The van der Waals surface area contributed by atoms with Crippen LogP contribution in [0.1, 0.15) is 59.6 Å². The number of aryl methyl sites for hydroxylation is 1. The molecule has 1 N–H and O–H groups in total. The molecule has 166 valence electrons. The Morgan fingerprint density at radius 2 is 2.12 bits per heavy atom. The molecule has 1 aromatic carbocycles. The Morgan fingerprint density at radius 3 is 2.81 bits per heavy atom. The van der Waals surface area contributed by atoms with E-state index in [4.69, 9.17) is 9.72 Å². The Labute approximate surface area is 184 Å². The summed E-state index contributed by atoms with van der Waals surface area (Å²) < 4.78 is 21.5. The lowest BCUT2D eigenvalue weighted by Gasteiger charge is -2.26. The first kappa shape index (κ1) is 21.0. The topological polar surface area (TPSA) is 81.4 Å². The maximum absolute atomic E-state index is 14.7. The van der Waals surface area contributed by atoms with Crippen molar-refractivity contribution in [1.29, 1.82) is 0 Å². The van der Waals surface area contributed by atoms with Gasteiger partial charge < -0.3 is 14.4 Å². The average molecular weight is 436 g/mol. The van der Waals surface area contributed by atoms with Gasteiger partial charge in [0.25, 0.3) is 5.56 Å². The third kappa shape index (κ3) is 2.74. The molecule has 3 aromatic rings. The van der Waals surface area contributed by atoms with Gasteiger partial charge in [0.2, 0.25) is 0 Å². The molecule has 2 atom stereocenters. The van der Waals surface area contributed by atoms with E-state index in [1.807, 2.05) is 0 Å². The van der Waals surface area contributed by atoms with Gasteiger partial charge in [-0.05, 0) is 55.4 Å². The second-order valence-electron chi connectivity index (χ2n) is 9.16. The second kappa shape index (κ2) is 7.05. The minimum Gasteiger partial charge on any atom is -0.380 e. The molecule has 1 aliphatic carbocycles. The number of benzene rings is 1. The third-order valence-corrected chi connectivity index (χ3v) is 7.09. The minimum atomic E-state index is -1.85. The van der Waals surface area contributed by atoms with Gasteiger partial charge in [0.15, 0.2) is 6.29 Å². The zero-order valence-electron chi connectivity index (χ0n) is 18.6. The number of aromatic nitrogens is 2. The minimum absolute atomic E-state index is 0.0258. The van der Waals surface area contributed by atoms with E-state index in [1.54, 1.807) is 17.6 Å². The number of aliphatic hydroxyl groups is 1. The van der Waals surface area contributed by atoms with Crippen LogP contribution in [0.15, 0.2) is 16.9 Å². The van der Waals surface area contributed by atoms with Gasteiger partial charge in [-0.25, -0.2) is 9.37 Å². The van der Waals surface area contributed by atoms with Crippen molar-refractivity contribution in [3.05, 3.63) is 61.7 Å². The van der Waals surface area contributed by atoms with Crippen molar-refractivity contribution in [2.24, 2.45) is 0 Å². The lowest BCUT2D eigenvalue weighted by atomic mass is 9.79. The Hall–Kier alpha value is -2.90. The lowest BCUT2D eigenvalue weighted by molar-refractivity contribution is -0.123. The van der Waals surface area contributed by atoms with Crippen LogP contribution >= 0.6 is 0 Å². The fourth-order valence-electron chi connectivity index (χ4n) is 5.37. The van der Waals surface area contributed by atoms with Crippen LogP contribution in [0.3, 0.4) is 0 Å². The Bertz CT molecular complexity index is 1370. The number of hydrogen-bond donors (Lipinski definition) is 1. The molecular weight excluding hydrogens is 411 g/mol. The summed E-state index contributed by atoms with van der Waals surface area (Å²) in [4.78, 5) is 29.9. The molecule has 0 unspecified atom stereocenters. The molecule has 2 aromatic heterocycles. The van der Waals surface area contributed by atoms with Crippen molar-refractivity contribution in [2.75, 3.05) is 7.11 Å². The molecule has 5 rings (SSSR count). The van der Waals surface area contributed by atoms with Crippen molar-refractivity contribution in [3.63, 3.8) is 0 Å². The molecular formula is C25H25FN2O4. The second-order valence-corrected chi connectivity index (χ2v) is 9.16. The smallest absolute Gasteiger partial charge is 0.257 e. The van der Waals surface area contributed by atoms with Crippen molar-refractivity contribution in [2.45, 2.75) is 58.3 Å². The van der Waals surface area contributed by atoms with Crippen LogP contribution in [0.25, 0.3) is 22.3 Å². The number of carbonyl (C=O) groups is 1. The van der Waals surface area contributed by atoms with Crippen LogP contribution in [0.5, 0.6) is 0 Å². The molecule has 32 heavy (non-hydrogen) atoms. The first-order valence-electron chi connectivity index (χ1n) is 10.8. The number of nitrogens with zero attached hydrogens (tertiary/aromatic N) is 2. The number of fused-ring (bicyclic) bond motifs is 4. The van der Waals surface area contributed by atoms with E-state index < -0.39 is 5.60 Å². The fraction of sp³-hybridized carbons (Fsp3) is 0.400. The monoisotopic (exact) mass is 436 g/mol. The quantitative estimate of drug-likeness (QED) is 0.496. The number of hydrogen-bond acceptors (Lipinski definition) is 5. The summed E-state index contributed by atoms with van der Waals surface area (Å²) in [5.74, 6) is -0.0384. The van der Waals surface area contributed by atoms with E-state index in [2.05, 4.69) is 6.92 Å². The zero-order valence-corrected chi connectivity index (χ0v) is 18.6. The number of ether oxygens (including phenoxy) is 1. The molecule has 0 saturated heterocycles. The highest BCUT2D eigenvalue weighted by Gasteiger charge is 2.35. The highest BCUT2D eigenvalue weighted by Crippen LogP contribution is 2.45. The molecule has 6 nitrogen and oxygen atoms in total. The van der Waals surface area contributed by atoms with E-state index >= 15 is 0 Å². The van der Waals surface area contributed by atoms with Crippen LogP contribution in [-0.4, -0.2) is 28.1 Å². The van der Waals surface area contributed by atoms with Crippen LogP contribution in [0.2, 0.25) is 0 Å². The normalized spacial score (nSPS) is 18.4. The zero-order chi connectivity index (χ0) is 22.9. The largest absolute Gasteiger partial charge is 0.380 e. The van der Waals surface area contributed by atoms with Crippen LogP contribution < -0.4 is 5.56 Å². The predicted molar refractivity (Wildman–Crippen MR) is 118 cm³/mol. The van der Waals surface area contributed by atoms with Gasteiger partial charge in [0.05, 0.1) is 30.1 Å². The van der Waals surface area contributed by atoms with Gasteiger partial charge in [-0.15, -0.1) is 0 Å². The van der Waals surface area contributed by atoms with E-state index in [9.17, 15) is 19.1 Å². The summed E-state index contributed by atoms with van der Waals surface area (Å²) in [6.45, 7) is 5.64. The van der Waals surface area contributed by atoms with Gasteiger partial charge in [-0.2, -0.15) is 0 Å². The van der Waals surface area contributed by atoms with Crippen molar-refractivity contribution >= 4 is 17.2 Å². The van der Waals surface area contributed by atoms with Crippen LogP contribution in [0.4, 0.5) is 4.39 Å². The number of pyridine rings is 2. The standard InChI is InChI=1S/C25H25FN2O4/c1-12-5-6-14-13(2)18(26)8-19-22(14)21(12)15-9-28-20(23(15)27-19)7-17(25(3,31)11-29)16(10-32-4)24(28)30/h7-8,11-12,31H,5-6,9-10H2,1-4H3/t12-,25+/m0/s1. The van der Waals surface area contributed by atoms with Gasteiger partial charge in [-0.3, -0.25) is 9.59 Å². The molecule has 3 heterocycles. The van der Waals surface area contributed by atoms with E-state index in [0.717, 1.165) is 34.9 Å². The Morgan fingerprint density at radius 1 is 1.38 bits per heavy atom. The summed E-state index contributed by atoms with van der Waals surface area (Å²) in [6, 6.07) is 3.12. The maximum Gasteiger partial charge on any atom is 0.257 e. The van der Waals surface area contributed by atoms with Crippen molar-refractivity contribution in [1.82, 2.24) is 9.55 Å². The maximum atomic E-state index is 14.7. The molecule has 0 bridgehead atoms. The molecule has 1 aliphatic heterocycles. The predicted octanol–water partition coefficient (Wildman–Crippen LogP) is 3.48. The average Bonchev–Trinajstić information content (AvgIpc) is 3.13. The molecule has 0 fully saturated rings. The first-order valence-corrected chi connectivity index (χ1v) is 10.8. The van der Waals surface area contributed by atoms with Crippen molar-refractivity contribution in [3.8, 4) is 11.4 Å². The summed E-state index contributed by atoms with van der Waals surface area (Å²) >= 11 is 0. The van der Waals surface area contributed by atoms with Gasteiger partial charge in [-0.1, -0.05) is 6.92 Å². The highest BCUT2D eigenvalue weighted by molar-refractivity contribution is 5.93. The molecule has 0 saturated carbocycles. The van der Waals surface area contributed by atoms with E-state index in [-0.39, 0.29) is 35.0 Å². The lowest BCUT2D eigenvalue weighted by Crippen LogP contribution is -2.32. The SMILES string of the molecule is COCc1c([C@](C)(O)C=O)cc2n(c1=O)Cc1c-2nc2cc(F)c(C)c3c2c1[C@@H](C)CC3. The fourth-order valence-corrected chi connectivity index (χ4v) is 5.37. The van der Waals surface area contributed by atoms with Gasteiger partial charge in [0, 0.05) is 35.3 Å².